The van der Waals surface area contributed by atoms with Crippen LogP contribution in [0.4, 0.5) is 5.69 Å². The van der Waals surface area contributed by atoms with Gasteiger partial charge in [0.05, 0.1) is 27.8 Å². The summed E-state index contributed by atoms with van der Waals surface area (Å²) >= 11 is 11.8. The number of nitrogens with zero attached hydrogens (tertiary/aromatic N) is 1. The lowest BCUT2D eigenvalue weighted by Gasteiger charge is -2.13. The molecule has 0 saturated carbocycles. The van der Waals surface area contributed by atoms with Gasteiger partial charge in [-0.05, 0) is 26.2 Å². The molecule has 0 aliphatic heterocycles. The minimum absolute atomic E-state index is 0.0318. The topological polar surface area (TPSA) is 69.6 Å². The largest absolute Gasteiger partial charge is 0.478 e. The summed E-state index contributed by atoms with van der Waals surface area (Å²) in [6, 6.07) is 2.47. The number of carbonyl (C=O) groups excluding carboxylic acids is 1. The molecule has 7 heteroatoms. The van der Waals surface area contributed by atoms with Crippen molar-refractivity contribution in [2.24, 2.45) is 0 Å². The quantitative estimate of drug-likeness (QED) is 0.892. The molecule has 0 bridgehead atoms. The first-order valence-corrected chi connectivity index (χ1v) is 5.73. The highest BCUT2D eigenvalue weighted by Crippen LogP contribution is 2.31. The fourth-order valence-electron chi connectivity index (χ4n) is 1.28. The highest BCUT2D eigenvalue weighted by atomic mass is 35.5. The van der Waals surface area contributed by atoms with E-state index < -0.39 is 5.97 Å². The van der Waals surface area contributed by atoms with Crippen LogP contribution in [0.3, 0.4) is 0 Å². The molecule has 18 heavy (non-hydrogen) atoms. The van der Waals surface area contributed by atoms with Crippen LogP contribution in [0.1, 0.15) is 10.4 Å². The molecule has 0 fully saturated rings. The number of amides is 1. The van der Waals surface area contributed by atoms with Crippen molar-refractivity contribution in [3.63, 3.8) is 0 Å². The lowest BCUT2D eigenvalue weighted by Crippen LogP contribution is -2.27. The maximum atomic E-state index is 11.6. The zero-order chi connectivity index (χ0) is 13.9. The van der Waals surface area contributed by atoms with Gasteiger partial charge in [-0.1, -0.05) is 23.2 Å². The highest BCUT2D eigenvalue weighted by Gasteiger charge is 2.14. The number of halogens is 2. The zero-order valence-electron chi connectivity index (χ0n) is 9.83. The second-order valence-electron chi connectivity index (χ2n) is 3.91. The molecule has 1 aromatic rings. The molecule has 0 unspecified atom stereocenters. The molecule has 0 aromatic heterocycles. The molecule has 0 atom stereocenters. The van der Waals surface area contributed by atoms with Gasteiger partial charge in [0.15, 0.2) is 0 Å². The Labute approximate surface area is 114 Å². The first-order valence-electron chi connectivity index (χ1n) is 4.98. The molecule has 0 aliphatic carbocycles. The predicted molar refractivity (Wildman–Crippen MR) is 70.6 cm³/mol. The maximum absolute atomic E-state index is 11.6. The van der Waals surface area contributed by atoms with Gasteiger partial charge in [-0.3, -0.25) is 4.79 Å². The molecular formula is C11H12Cl2N2O3. The van der Waals surface area contributed by atoms with Crippen molar-refractivity contribution < 1.29 is 14.7 Å². The number of benzene rings is 1. The second kappa shape index (κ2) is 6.04. The average molecular weight is 291 g/mol. The Morgan fingerprint density at radius 2 is 1.78 bits per heavy atom. The summed E-state index contributed by atoms with van der Waals surface area (Å²) in [6.45, 7) is 0.174. The van der Waals surface area contributed by atoms with E-state index in [-0.39, 0.29) is 33.7 Å². The number of likely N-dealkylation sites (N-methyl/N-ethyl adjacent to an activating group) is 1. The third kappa shape index (κ3) is 3.87. The van der Waals surface area contributed by atoms with Gasteiger partial charge >= 0.3 is 5.97 Å². The highest BCUT2D eigenvalue weighted by molar-refractivity contribution is 6.40. The Hall–Kier alpha value is -1.30. The van der Waals surface area contributed by atoms with E-state index in [1.807, 2.05) is 0 Å². The van der Waals surface area contributed by atoms with Crippen LogP contribution in [-0.4, -0.2) is 42.5 Å². The van der Waals surface area contributed by atoms with Crippen LogP contribution in [0.2, 0.25) is 10.0 Å². The Morgan fingerprint density at radius 3 is 2.17 bits per heavy atom. The van der Waals surface area contributed by atoms with Crippen molar-refractivity contribution in [1.29, 1.82) is 0 Å². The number of hydrogen-bond donors (Lipinski definition) is 2. The van der Waals surface area contributed by atoms with E-state index in [9.17, 15) is 9.59 Å². The Kier molecular flexibility index (Phi) is 4.95. The van der Waals surface area contributed by atoms with E-state index in [0.717, 1.165) is 0 Å². The van der Waals surface area contributed by atoms with Crippen LogP contribution in [0.5, 0.6) is 0 Å². The molecule has 5 nitrogen and oxygen atoms in total. The molecule has 0 aliphatic rings. The minimum Gasteiger partial charge on any atom is -0.478 e. The lowest BCUT2D eigenvalue weighted by atomic mass is 10.2. The monoisotopic (exact) mass is 290 g/mol. The van der Waals surface area contributed by atoms with Crippen molar-refractivity contribution in [2.75, 3.05) is 26.0 Å². The van der Waals surface area contributed by atoms with Gasteiger partial charge in [-0.2, -0.15) is 0 Å². The number of carboxylic acid groups (broad SMARTS) is 1. The van der Waals surface area contributed by atoms with Crippen LogP contribution < -0.4 is 5.32 Å². The molecule has 0 saturated heterocycles. The van der Waals surface area contributed by atoms with Gasteiger partial charge in [-0.25, -0.2) is 4.79 Å². The van der Waals surface area contributed by atoms with Crippen LogP contribution in [0, 0.1) is 0 Å². The SMILES string of the molecule is CN(C)CC(=O)Nc1c(Cl)cc(C(=O)O)cc1Cl. The Morgan fingerprint density at radius 1 is 1.28 bits per heavy atom. The van der Waals surface area contributed by atoms with Crippen LogP contribution in [0.15, 0.2) is 12.1 Å². The van der Waals surface area contributed by atoms with E-state index in [1.54, 1.807) is 19.0 Å². The van der Waals surface area contributed by atoms with Crippen LogP contribution >= 0.6 is 23.2 Å². The number of aromatic carboxylic acids is 1. The summed E-state index contributed by atoms with van der Waals surface area (Å²) in [5.41, 5.74) is 0.186. The number of nitrogens with one attached hydrogen (secondary N) is 1. The molecule has 0 heterocycles. The van der Waals surface area contributed by atoms with Gasteiger partial charge in [0, 0.05) is 0 Å². The van der Waals surface area contributed by atoms with Gasteiger partial charge in [0.1, 0.15) is 0 Å². The first-order chi connectivity index (χ1) is 8.31. The smallest absolute Gasteiger partial charge is 0.335 e. The van der Waals surface area contributed by atoms with E-state index in [2.05, 4.69) is 5.32 Å². The Bertz CT molecular complexity index is 466. The van der Waals surface area contributed by atoms with Crippen molar-refractivity contribution in [3.05, 3.63) is 27.7 Å². The average Bonchev–Trinajstić information content (AvgIpc) is 2.21. The van der Waals surface area contributed by atoms with Gasteiger partial charge < -0.3 is 15.3 Å². The summed E-state index contributed by atoms with van der Waals surface area (Å²) in [7, 11) is 3.49. The van der Waals surface area contributed by atoms with Crippen molar-refractivity contribution in [3.8, 4) is 0 Å². The predicted octanol–water partition coefficient (Wildman–Crippen LogP) is 2.19. The summed E-state index contributed by atoms with van der Waals surface area (Å²) < 4.78 is 0. The summed E-state index contributed by atoms with van der Waals surface area (Å²) in [4.78, 5) is 24.0. The van der Waals surface area contributed by atoms with Gasteiger partial charge in [0.2, 0.25) is 5.91 Å². The summed E-state index contributed by atoms with van der Waals surface area (Å²) in [5.74, 6) is -1.42. The molecule has 98 valence electrons. The van der Waals surface area contributed by atoms with Crippen LogP contribution in [0.25, 0.3) is 0 Å². The molecule has 0 spiro atoms. The van der Waals surface area contributed by atoms with Crippen molar-refractivity contribution >= 4 is 40.8 Å². The second-order valence-corrected chi connectivity index (χ2v) is 4.72. The number of carbonyl (C=O) groups is 2. The summed E-state index contributed by atoms with van der Waals surface area (Å²) in [6.07, 6.45) is 0. The number of hydrogen-bond acceptors (Lipinski definition) is 3. The minimum atomic E-state index is -1.13. The van der Waals surface area contributed by atoms with Gasteiger partial charge in [-0.15, -0.1) is 0 Å². The standard InChI is InChI=1S/C11H12Cl2N2O3/c1-15(2)5-9(16)14-10-7(12)3-6(11(17)18)4-8(10)13/h3-4H,5H2,1-2H3,(H,14,16)(H,17,18). The molecule has 0 radical (unpaired) electrons. The van der Waals surface area contributed by atoms with Gasteiger partial charge in [0.25, 0.3) is 0 Å². The normalized spacial score (nSPS) is 10.5. The Balaban J connectivity index is 2.97. The third-order valence-corrected chi connectivity index (χ3v) is 2.61. The van der Waals surface area contributed by atoms with E-state index >= 15 is 0 Å². The number of carboxylic acids is 1. The van der Waals surface area contributed by atoms with Crippen molar-refractivity contribution in [1.82, 2.24) is 4.90 Å². The lowest BCUT2D eigenvalue weighted by molar-refractivity contribution is -0.116. The van der Waals surface area contributed by atoms with E-state index in [1.165, 1.54) is 12.1 Å². The van der Waals surface area contributed by atoms with E-state index in [4.69, 9.17) is 28.3 Å². The molecule has 1 amide bonds. The zero-order valence-corrected chi connectivity index (χ0v) is 11.3. The maximum Gasteiger partial charge on any atom is 0.335 e. The number of anilines is 1. The molecule has 1 rings (SSSR count). The fraction of sp³-hybridized carbons (Fsp3) is 0.273. The third-order valence-electron chi connectivity index (χ3n) is 2.01. The first kappa shape index (κ1) is 14.8. The van der Waals surface area contributed by atoms with Crippen LogP contribution in [-0.2, 0) is 4.79 Å². The fourth-order valence-corrected chi connectivity index (χ4v) is 1.86. The molecule has 1 aromatic carbocycles. The number of rotatable bonds is 4. The molecular weight excluding hydrogens is 279 g/mol. The summed E-state index contributed by atoms with van der Waals surface area (Å²) in [5, 5.41) is 11.5. The molecule has 2 N–H and O–H groups in total. The van der Waals surface area contributed by atoms with E-state index in [0.29, 0.717) is 0 Å². The van der Waals surface area contributed by atoms with Crippen molar-refractivity contribution in [2.45, 2.75) is 0 Å².